The maximum atomic E-state index is 12.8. The van der Waals surface area contributed by atoms with E-state index in [-0.39, 0.29) is 24.8 Å². The van der Waals surface area contributed by atoms with Crippen molar-refractivity contribution in [3.63, 3.8) is 0 Å². The Bertz CT molecular complexity index is 689. The van der Waals surface area contributed by atoms with E-state index in [0.29, 0.717) is 11.6 Å². The van der Waals surface area contributed by atoms with Crippen LogP contribution in [0.4, 0.5) is 14.9 Å². The van der Waals surface area contributed by atoms with Crippen molar-refractivity contribution >= 4 is 17.6 Å². The number of halogens is 1. The van der Waals surface area contributed by atoms with Gasteiger partial charge in [0.2, 0.25) is 11.8 Å². The summed E-state index contributed by atoms with van der Waals surface area (Å²) in [6, 6.07) is 8.51. The Morgan fingerprint density at radius 3 is 2.50 bits per heavy atom. The van der Waals surface area contributed by atoms with E-state index in [1.54, 1.807) is 24.3 Å². The zero-order chi connectivity index (χ0) is 17.4. The van der Waals surface area contributed by atoms with Gasteiger partial charge in [-0.1, -0.05) is 12.1 Å². The van der Waals surface area contributed by atoms with Gasteiger partial charge >= 0.3 is 6.03 Å². The lowest BCUT2D eigenvalue weighted by Crippen LogP contribution is -2.39. The second-order valence-electron chi connectivity index (χ2n) is 4.80. The first-order chi connectivity index (χ1) is 11.6. The molecule has 3 amide bonds. The number of carbonyl (C=O) groups is 2. The number of nitrogens with zero attached hydrogens (tertiary/aromatic N) is 1. The van der Waals surface area contributed by atoms with E-state index in [1.165, 1.54) is 25.4 Å². The fourth-order valence-corrected chi connectivity index (χ4v) is 1.79. The number of pyridine rings is 1. The molecule has 3 N–H and O–H groups in total. The van der Waals surface area contributed by atoms with Gasteiger partial charge in [0.25, 0.3) is 0 Å². The largest absolute Gasteiger partial charge is 0.481 e. The highest BCUT2D eigenvalue weighted by atomic mass is 19.1. The molecule has 2 rings (SSSR count). The van der Waals surface area contributed by atoms with Crippen LogP contribution in [-0.4, -0.2) is 30.6 Å². The molecule has 1 heterocycles. The minimum atomic E-state index is -0.498. The molecule has 0 aliphatic rings. The molecule has 1 aromatic heterocycles. The van der Waals surface area contributed by atoms with Crippen LogP contribution in [0.3, 0.4) is 0 Å². The Labute approximate surface area is 138 Å². The number of methoxy groups -OCH3 is 1. The molecule has 8 heteroatoms. The van der Waals surface area contributed by atoms with E-state index in [9.17, 15) is 14.0 Å². The molecule has 7 nitrogen and oxygen atoms in total. The van der Waals surface area contributed by atoms with Crippen LogP contribution in [0.15, 0.2) is 42.6 Å². The van der Waals surface area contributed by atoms with Gasteiger partial charge in [0.15, 0.2) is 0 Å². The molecule has 1 aromatic carbocycles. The van der Waals surface area contributed by atoms with Gasteiger partial charge in [-0.15, -0.1) is 0 Å². The first-order valence-electron chi connectivity index (χ1n) is 7.13. The molecule has 0 bridgehead atoms. The van der Waals surface area contributed by atoms with Crippen molar-refractivity contribution in [2.24, 2.45) is 0 Å². The number of anilines is 1. The minimum absolute atomic E-state index is 0.193. The molecular formula is C16H17FN4O3. The van der Waals surface area contributed by atoms with Crippen LogP contribution in [0.2, 0.25) is 0 Å². The molecule has 0 unspecified atom stereocenters. The Morgan fingerprint density at radius 1 is 1.12 bits per heavy atom. The van der Waals surface area contributed by atoms with Crippen LogP contribution in [0.1, 0.15) is 5.56 Å². The molecule has 0 fully saturated rings. The summed E-state index contributed by atoms with van der Waals surface area (Å²) < 4.78 is 17.7. The Morgan fingerprint density at radius 2 is 1.88 bits per heavy atom. The number of benzene rings is 1. The SMILES string of the molecule is COc1ccc(NC(=O)CNC(=O)NCc2ccc(F)cc2)cn1. The van der Waals surface area contributed by atoms with Gasteiger partial charge in [-0.3, -0.25) is 4.79 Å². The van der Waals surface area contributed by atoms with E-state index < -0.39 is 6.03 Å². The topological polar surface area (TPSA) is 92.4 Å². The van der Waals surface area contributed by atoms with E-state index in [4.69, 9.17) is 4.74 Å². The van der Waals surface area contributed by atoms with Crippen LogP contribution in [0.5, 0.6) is 5.88 Å². The summed E-state index contributed by atoms with van der Waals surface area (Å²) in [6.07, 6.45) is 1.45. The Kier molecular flexibility index (Phi) is 6.07. The van der Waals surface area contributed by atoms with Gasteiger partial charge in [0, 0.05) is 12.6 Å². The van der Waals surface area contributed by atoms with E-state index in [1.807, 2.05) is 0 Å². The molecule has 0 radical (unpaired) electrons. The molecule has 0 aliphatic carbocycles. The highest BCUT2D eigenvalue weighted by Crippen LogP contribution is 2.10. The second kappa shape index (κ2) is 8.47. The third-order valence-electron chi connectivity index (χ3n) is 3.01. The third kappa shape index (κ3) is 5.56. The lowest BCUT2D eigenvalue weighted by Gasteiger charge is -2.08. The standard InChI is InChI=1S/C16H17FN4O3/c1-24-15-7-6-13(9-18-15)21-14(22)10-20-16(23)19-8-11-2-4-12(17)5-3-11/h2-7,9H,8,10H2,1H3,(H,21,22)(H2,19,20,23). The summed E-state index contributed by atoms with van der Waals surface area (Å²) in [6.45, 7) is 0.0391. The fourth-order valence-electron chi connectivity index (χ4n) is 1.79. The average Bonchev–Trinajstić information content (AvgIpc) is 2.60. The number of rotatable bonds is 6. The summed E-state index contributed by atoms with van der Waals surface area (Å²) in [7, 11) is 1.50. The molecule has 0 atom stereocenters. The second-order valence-corrected chi connectivity index (χ2v) is 4.80. The molecule has 24 heavy (non-hydrogen) atoms. The van der Waals surface area contributed by atoms with Crippen LogP contribution >= 0.6 is 0 Å². The van der Waals surface area contributed by atoms with Crippen LogP contribution in [-0.2, 0) is 11.3 Å². The fraction of sp³-hybridized carbons (Fsp3) is 0.188. The number of carbonyl (C=O) groups excluding carboxylic acids is 2. The van der Waals surface area contributed by atoms with Crippen molar-refractivity contribution in [2.45, 2.75) is 6.54 Å². The number of aromatic nitrogens is 1. The molecule has 126 valence electrons. The van der Waals surface area contributed by atoms with Crippen LogP contribution in [0, 0.1) is 5.82 Å². The van der Waals surface area contributed by atoms with Crippen molar-refractivity contribution in [1.29, 1.82) is 0 Å². The highest BCUT2D eigenvalue weighted by Gasteiger charge is 2.06. The molecule has 2 aromatic rings. The van der Waals surface area contributed by atoms with E-state index in [0.717, 1.165) is 5.56 Å². The lowest BCUT2D eigenvalue weighted by atomic mass is 10.2. The maximum absolute atomic E-state index is 12.8. The van der Waals surface area contributed by atoms with Crippen molar-refractivity contribution in [1.82, 2.24) is 15.6 Å². The zero-order valence-electron chi connectivity index (χ0n) is 13.0. The van der Waals surface area contributed by atoms with Gasteiger partial charge in [-0.2, -0.15) is 0 Å². The molecule has 0 saturated heterocycles. The Balaban J connectivity index is 1.70. The highest BCUT2D eigenvalue weighted by molar-refractivity contribution is 5.94. The van der Waals surface area contributed by atoms with Crippen LogP contribution in [0.25, 0.3) is 0 Å². The maximum Gasteiger partial charge on any atom is 0.315 e. The average molecular weight is 332 g/mol. The minimum Gasteiger partial charge on any atom is -0.481 e. The summed E-state index contributed by atoms with van der Waals surface area (Å²) in [5.74, 6) is -0.293. The Hall–Kier alpha value is -3.16. The van der Waals surface area contributed by atoms with Gasteiger partial charge < -0.3 is 20.7 Å². The number of hydrogen-bond donors (Lipinski definition) is 3. The number of urea groups is 1. The molecular weight excluding hydrogens is 315 g/mol. The van der Waals surface area contributed by atoms with Gasteiger partial charge in [0.1, 0.15) is 5.82 Å². The smallest absolute Gasteiger partial charge is 0.315 e. The number of ether oxygens (including phenoxy) is 1. The summed E-state index contributed by atoms with van der Waals surface area (Å²) >= 11 is 0. The normalized spacial score (nSPS) is 9.92. The van der Waals surface area contributed by atoms with E-state index in [2.05, 4.69) is 20.9 Å². The molecule has 0 spiro atoms. The van der Waals surface area contributed by atoms with Gasteiger partial charge in [-0.25, -0.2) is 14.2 Å². The first-order valence-corrected chi connectivity index (χ1v) is 7.13. The first kappa shape index (κ1) is 17.2. The van der Waals surface area contributed by atoms with Crippen molar-refractivity contribution in [2.75, 3.05) is 19.0 Å². The summed E-state index contributed by atoms with van der Waals surface area (Å²) in [5.41, 5.74) is 1.25. The predicted octanol–water partition coefficient (Wildman–Crippen LogP) is 1.67. The lowest BCUT2D eigenvalue weighted by molar-refractivity contribution is -0.115. The third-order valence-corrected chi connectivity index (χ3v) is 3.01. The summed E-state index contributed by atoms with van der Waals surface area (Å²) in [5, 5.41) is 7.58. The van der Waals surface area contributed by atoms with Crippen molar-refractivity contribution in [3.8, 4) is 5.88 Å². The predicted molar refractivity (Wildman–Crippen MR) is 86.1 cm³/mol. The van der Waals surface area contributed by atoms with Crippen molar-refractivity contribution < 1.29 is 18.7 Å². The number of nitrogens with one attached hydrogen (secondary N) is 3. The number of hydrogen-bond acceptors (Lipinski definition) is 4. The zero-order valence-corrected chi connectivity index (χ0v) is 13.0. The van der Waals surface area contributed by atoms with Crippen molar-refractivity contribution in [3.05, 3.63) is 54.0 Å². The van der Waals surface area contributed by atoms with Gasteiger partial charge in [0.05, 0.1) is 25.5 Å². The summed E-state index contributed by atoms with van der Waals surface area (Å²) in [4.78, 5) is 27.3. The quantitative estimate of drug-likeness (QED) is 0.750. The van der Waals surface area contributed by atoms with E-state index >= 15 is 0 Å². The monoisotopic (exact) mass is 332 g/mol. The molecule has 0 aliphatic heterocycles. The number of amides is 3. The van der Waals surface area contributed by atoms with Crippen LogP contribution < -0.4 is 20.7 Å². The van der Waals surface area contributed by atoms with Gasteiger partial charge in [-0.05, 0) is 23.8 Å². The molecule has 0 saturated carbocycles.